The minimum Gasteiger partial charge on any atom is -0.494 e. The molecule has 31 heavy (non-hydrogen) atoms. The molecular weight excluding hydrogens is 385 g/mol. The molecule has 0 amide bonds. The molecule has 0 spiro atoms. The lowest BCUT2D eigenvalue weighted by molar-refractivity contribution is -0.512. The molecule has 0 saturated carbocycles. The van der Waals surface area contributed by atoms with Crippen LogP contribution in [0.15, 0.2) is 109 Å². The highest BCUT2D eigenvalue weighted by Gasteiger charge is 2.53. The van der Waals surface area contributed by atoms with Crippen molar-refractivity contribution in [3.05, 3.63) is 120 Å². The third-order valence-corrected chi connectivity index (χ3v) is 5.59. The molecule has 1 unspecified atom stereocenters. The predicted molar refractivity (Wildman–Crippen MR) is 121 cm³/mol. The minimum absolute atomic E-state index is 0.304. The molecule has 0 aliphatic carbocycles. The molecule has 1 atom stereocenters. The number of allylic oxidation sites excluding steroid dienone is 2. The van der Waals surface area contributed by atoms with Crippen molar-refractivity contribution in [1.82, 2.24) is 0 Å². The number of aromatic nitrogens is 1. The summed E-state index contributed by atoms with van der Waals surface area (Å²) in [6.07, 6.45) is 3.87. The molecule has 1 aromatic heterocycles. The highest BCUT2D eigenvalue weighted by Crippen LogP contribution is 2.34. The number of esters is 1. The van der Waals surface area contributed by atoms with Crippen molar-refractivity contribution >= 4 is 23.9 Å². The van der Waals surface area contributed by atoms with E-state index in [2.05, 4.69) is 16.6 Å². The quantitative estimate of drug-likeness (QED) is 0.268. The summed E-state index contributed by atoms with van der Waals surface area (Å²) in [6.45, 7) is 1.89. The molecule has 150 valence electrons. The van der Waals surface area contributed by atoms with Crippen LogP contribution >= 0.6 is 0 Å². The average Bonchev–Trinajstić information content (AvgIpc) is 3.20. The van der Waals surface area contributed by atoms with E-state index in [-0.39, 0.29) is 18.8 Å². The zero-order valence-electron chi connectivity index (χ0n) is 17.1. The standard InChI is InChI=1S/C26H21BNO3/c1-2-22(30-26(29)21-13-7-4-8-14-21)24(19-11-5-3-6-12-19)27-28-18-10-16-20-15-9-17-23(31-27)25(20)28/h2-18,24H,1H3/q+1/b22-2+. The van der Waals surface area contributed by atoms with E-state index in [4.69, 9.17) is 9.39 Å². The van der Waals surface area contributed by atoms with E-state index in [9.17, 15) is 4.79 Å². The first-order valence-corrected chi connectivity index (χ1v) is 10.3. The van der Waals surface area contributed by atoms with Crippen LogP contribution in [0.4, 0.5) is 0 Å². The fraction of sp³-hybridized carbons (Fsp3) is 0.0769. The molecule has 0 fully saturated rings. The fourth-order valence-corrected chi connectivity index (χ4v) is 4.16. The second kappa shape index (κ2) is 8.11. The average molecular weight is 406 g/mol. The van der Waals surface area contributed by atoms with E-state index in [1.807, 2.05) is 85.9 Å². The third kappa shape index (κ3) is 3.48. The van der Waals surface area contributed by atoms with Gasteiger partial charge >= 0.3 is 13.0 Å². The number of carbonyl (C=O) groups is 1. The Labute approximate surface area is 181 Å². The maximum atomic E-state index is 12.9. The topological polar surface area (TPSA) is 39.4 Å². The van der Waals surface area contributed by atoms with Crippen LogP contribution in [-0.4, -0.2) is 13.0 Å². The monoisotopic (exact) mass is 406 g/mol. The first-order valence-electron chi connectivity index (χ1n) is 10.3. The van der Waals surface area contributed by atoms with Crippen LogP contribution in [0.1, 0.15) is 28.7 Å². The molecule has 1 aliphatic heterocycles. The number of rotatable bonds is 5. The van der Waals surface area contributed by atoms with Crippen molar-refractivity contribution in [2.45, 2.75) is 12.7 Å². The summed E-state index contributed by atoms with van der Waals surface area (Å²) in [7, 11) is -0.377. The molecule has 5 rings (SSSR count). The molecule has 0 radical (unpaired) electrons. The maximum Gasteiger partial charge on any atom is 0.743 e. The fourth-order valence-electron chi connectivity index (χ4n) is 4.16. The number of ether oxygens (including phenoxy) is 1. The third-order valence-electron chi connectivity index (χ3n) is 5.59. The molecule has 1 aliphatic rings. The summed E-state index contributed by atoms with van der Waals surface area (Å²) in [6, 6.07) is 29.2. The van der Waals surface area contributed by atoms with Crippen molar-refractivity contribution in [3.63, 3.8) is 0 Å². The first kappa shape index (κ1) is 19.1. The molecule has 2 heterocycles. The Hall–Kier alpha value is -3.86. The Kier molecular flexibility index (Phi) is 5.00. The maximum absolute atomic E-state index is 12.9. The molecule has 0 saturated heterocycles. The van der Waals surface area contributed by atoms with Crippen molar-refractivity contribution in [1.29, 1.82) is 0 Å². The van der Waals surface area contributed by atoms with Crippen LogP contribution in [0.3, 0.4) is 0 Å². The van der Waals surface area contributed by atoms with Crippen LogP contribution in [-0.2, 0) is 4.74 Å². The first-order chi connectivity index (χ1) is 15.3. The Morgan fingerprint density at radius 3 is 2.39 bits per heavy atom. The van der Waals surface area contributed by atoms with Gasteiger partial charge in [0, 0.05) is 11.5 Å². The van der Waals surface area contributed by atoms with Crippen LogP contribution in [0, 0.1) is 0 Å². The van der Waals surface area contributed by atoms with Crippen molar-refractivity contribution in [2.75, 3.05) is 0 Å². The van der Waals surface area contributed by atoms with Crippen LogP contribution in [0.5, 0.6) is 5.75 Å². The molecule has 0 bridgehead atoms. The van der Waals surface area contributed by atoms with E-state index >= 15 is 0 Å². The van der Waals surface area contributed by atoms with E-state index in [0.717, 1.165) is 22.2 Å². The number of hydrogen-bond acceptors (Lipinski definition) is 3. The lowest BCUT2D eigenvalue weighted by atomic mass is 9.62. The SMILES string of the molecule is C/C=C(/OC(=O)c1ccccc1)C(B1Oc2cccc3ccc[n+]1c23)c1ccccc1. The summed E-state index contributed by atoms with van der Waals surface area (Å²) in [5.74, 6) is 0.700. The summed E-state index contributed by atoms with van der Waals surface area (Å²) in [5, 5.41) is 1.11. The molecule has 5 heteroatoms. The van der Waals surface area contributed by atoms with Crippen molar-refractivity contribution in [2.24, 2.45) is 0 Å². The Balaban J connectivity index is 1.58. The Morgan fingerprint density at radius 2 is 1.65 bits per heavy atom. The molecule has 4 nitrogen and oxygen atoms in total. The smallest absolute Gasteiger partial charge is 0.494 e. The zero-order valence-corrected chi connectivity index (χ0v) is 17.1. The van der Waals surface area contributed by atoms with Gasteiger partial charge < -0.3 is 9.39 Å². The Bertz CT molecular complexity index is 1270. The van der Waals surface area contributed by atoms with Gasteiger partial charge in [-0.3, -0.25) is 0 Å². The van der Waals surface area contributed by atoms with Crippen LogP contribution in [0.25, 0.3) is 10.9 Å². The second-order valence-corrected chi connectivity index (χ2v) is 7.45. The van der Waals surface area contributed by atoms with E-state index in [1.165, 1.54) is 0 Å². The minimum atomic E-state index is -0.381. The summed E-state index contributed by atoms with van der Waals surface area (Å²) >= 11 is 0. The zero-order chi connectivity index (χ0) is 21.2. The van der Waals surface area contributed by atoms with Crippen molar-refractivity contribution < 1.29 is 18.7 Å². The van der Waals surface area contributed by atoms with Gasteiger partial charge in [0.25, 0.3) is 0 Å². The summed E-state index contributed by atoms with van der Waals surface area (Å²) in [4.78, 5) is 12.9. The number of hydrogen-bond donors (Lipinski definition) is 0. The largest absolute Gasteiger partial charge is 0.743 e. The highest BCUT2D eigenvalue weighted by atomic mass is 16.5. The van der Waals surface area contributed by atoms with Gasteiger partial charge in [0.15, 0.2) is 5.75 Å². The van der Waals surface area contributed by atoms with Gasteiger partial charge in [-0.15, -0.1) is 0 Å². The molecule has 3 aromatic carbocycles. The van der Waals surface area contributed by atoms with Gasteiger partial charge in [-0.2, -0.15) is 0 Å². The summed E-state index contributed by atoms with van der Waals surface area (Å²) in [5.41, 5.74) is 2.57. The number of pyridine rings is 1. The van der Waals surface area contributed by atoms with E-state index < -0.39 is 0 Å². The van der Waals surface area contributed by atoms with Crippen LogP contribution in [0.2, 0.25) is 0 Å². The Morgan fingerprint density at radius 1 is 0.935 bits per heavy atom. The molecular formula is C26H21BNO3+. The normalized spacial score (nSPS) is 13.7. The predicted octanol–water partition coefficient (Wildman–Crippen LogP) is 4.94. The lowest BCUT2D eigenvalue weighted by Crippen LogP contribution is -2.56. The van der Waals surface area contributed by atoms with Crippen LogP contribution < -0.4 is 9.13 Å². The summed E-state index contributed by atoms with van der Waals surface area (Å²) < 4.78 is 14.5. The molecule has 0 N–H and O–H groups in total. The van der Waals surface area contributed by atoms with Gasteiger partial charge in [0.1, 0.15) is 17.8 Å². The number of benzene rings is 3. The van der Waals surface area contributed by atoms with E-state index in [1.54, 1.807) is 12.1 Å². The highest BCUT2D eigenvalue weighted by molar-refractivity contribution is 6.48. The van der Waals surface area contributed by atoms with E-state index in [0.29, 0.717) is 11.3 Å². The molecule has 4 aromatic rings. The van der Waals surface area contributed by atoms with Gasteiger partial charge in [-0.25, -0.2) is 9.27 Å². The second-order valence-electron chi connectivity index (χ2n) is 7.45. The van der Waals surface area contributed by atoms with Gasteiger partial charge in [0.2, 0.25) is 5.52 Å². The number of carbonyl (C=O) groups excluding carboxylic acids is 1. The van der Waals surface area contributed by atoms with Gasteiger partial charge in [0.05, 0.1) is 5.56 Å². The van der Waals surface area contributed by atoms with Gasteiger partial charge in [-0.1, -0.05) is 54.6 Å². The lowest BCUT2D eigenvalue weighted by Gasteiger charge is -2.18. The number of para-hydroxylation sites is 1. The number of nitrogens with zero attached hydrogens (tertiary/aromatic N) is 1. The van der Waals surface area contributed by atoms with Crippen molar-refractivity contribution in [3.8, 4) is 5.75 Å². The van der Waals surface area contributed by atoms with Gasteiger partial charge in [-0.05, 0) is 48.9 Å².